The van der Waals surface area contributed by atoms with Crippen LogP contribution < -0.4 is 5.32 Å². The first kappa shape index (κ1) is 14.4. The molecule has 0 saturated heterocycles. The van der Waals surface area contributed by atoms with E-state index in [1.54, 1.807) is 6.92 Å². The van der Waals surface area contributed by atoms with Crippen LogP contribution in [0.4, 0.5) is 4.79 Å². The van der Waals surface area contributed by atoms with E-state index in [9.17, 15) is 4.79 Å². The van der Waals surface area contributed by atoms with Crippen molar-refractivity contribution in [3.63, 3.8) is 0 Å². The van der Waals surface area contributed by atoms with Gasteiger partial charge in [-0.2, -0.15) is 0 Å². The molecule has 0 unspecified atom stereocenters. The quantitative estimate of drug-likeness (QED) is 0.734. The molecule has 2 N–H and O–H groups in total. The average Bonchev–Trinajstić information content (AvgIpc) is 1.97. The van der Waals surface area contributed by atoms with Crippen LogP contribution in [-0.4, -0.2) is 32.2 Å². The third-order valence-corrected chi connectivity index (χ3v) is 7.37. The zero-order valence-corrected chi connectivity index (χ0v) is 11.5. The highest BCUT2D eigenvalue weighted by Crippen LogP contribution is 2.36. The summed E-state index contributed by atoms with van der Waals surface area (Å²) in [6.07, 6.45) is -0.999. The normalized spacial score (nSPS) is 14.8. The van der Waals surface area contributed by atoms with E-state index >= 15 is 0 Å². The maximum atomic E-state index is 10.4. The number of hydrogen-bond donors (Lipinski definition) is 2. The zero-order chi connectivity index (χ0) is 12.3. The van der Waals surface area contributed by atoms with Gasteiger partial charge in [-0.25, -0.2) is 4.79 Å². The fourth-order valence-electron chi connectivity index (χ4n) is 0.802. The largest absolute Gasteiger partial charge is 0.465 e. The Hall–Kier alpha value is -0.553. The van der Waals surface area contributed by atoms with Crippen LogP contribution in [0.3, 0.4) is 0 Å². The second-order valence-corrected chi connectivity index (χ2v) is 10.2. The van der Waals surface area contributed by atoms with Gasteiger partial charge in [0.1, 0.15) is 0 Å². The van der Waals surface area contributed by atoms with Gasteiger partial charge in [0.2, 0.25) is 0 Å². The summed E-state index contributed by atoms with van der Waals surface area (Å²) in [7, 11) is -1.75. The topological polar surface area (TPSA) is 58.6 Å². The van der Waals surface area contributed by atoms with Gasteiger partial charge in [-0.05, 0) is 25.1 Å². The smallest absolute Gasteiger partial charge is 0.404 e. The van der Waals surface area contributed by atoms with Crippen LogP contribution in [0, 0.1) is 0 Å². The van der Waals surface area contributed by atoms with Crippen molar-refractivity contribution < 1.29 is 14.3 Å². The molecule has 0 aliphatic rings. The van der Waals surface area contributed by atoms with Crippen molar-refractivity contribution in [2.75, 3.05) is 6.61 Å². The molecule has 0 aromatic heterocycles. The third kappa shape index (κ3) is 5.18. The molecule has 0 radical (unpaired) electrons. The molecule has 90 valence electrons. The van der Waals surface area contributed by atoms with Crippen LogP contribution in [0.1, 0.15) is 27.7 Å². The SMILES string of the molecule is C[C@H](CO[Si](C)(C)C(C)(C)C)NC(=O)O. The molecule has 0 aromatic carbocycles. The molecule has 0 aliphatic heterocycles. The van der Waals surface area contributed by atoms with Crippen molar-refractivity contribution in [1.82, 2.24) is 5.32 Å². The van der Waals surface area contributed by atoms with E-state index in [1.807, 2.05) is 0 Å². The lowest BCUT2D eigenvalue weighted by Gasteiger charge is -2.36. The summed E-state index contributed by atoms with van der Waals surface area (Å²) in [5.41, 5.74) is 0. The van der Waals surface area contributed by atoms with Gasteiger partial charge >= 0.3 is 6.09 Å². The van der Waals surface area contributed by atoms with Gasteiger partial charge in [-0.15, -0.1) is 0 Å². The summed E-state index contributed by atoms with van der Waals surface area (Å²) in [5, 5.41) is 11.1. The summed E-state index contributed by atoms with van der Waals surface area (Å²) in [4.78, 5) is 10.4. The molecule has 1 atom stereocenters. The highest BCUT2D eigenvalue weighted by atomic mass is 28.4. The molecule has 0 heterocycles. The van der Waals surface area contributed by atoms with Crippen LogP contribution in [-0.2, 0) is 4.43 Å². The van der Waals surface area contributed by atoms with E-state index in [-0.39, 0.29) is 11.1 Å². The average molecular weight is 233 g/mol. The van der Waals surface area contributed by atoms with Crippen LogP contribution in [0.25, 0.3) is 0 Å². The van der Waals surface area contributed by atoms with Gasteiger partial charge < -0.3 is 14.8 Å². The van der Waals surface area contributed by atoms with Crippen molar-refractivity contribution in [3.8, 4) is 0 Å². The molecular weight excluding hydrogens is 210 g/mol. The molecule has 4 nitrogen and oxygen atoms in total. The summed E-state index contributed by atoms with van der Waals surface area (Å²) in [6.45, 7) is 13.0. The Morgan fingerprint density at radius 1 is 1.47 bits per heavy atom. The number of carboxylic acid groups (broad SMARTS) is 1. The van der Waals surface area contributed by atoms with Gasteiger partial charge in [0.15, 0.2) is 8.32 Å². The first-order valence-electron chi connectivity index (χ1n) is 5.19. The standard InChI is InChI=1S/C10H23NO3Si/c1-8(11-9(12)13)7-14-15(5,6)10(2,3)4/h8,11H,7H2,1-6H3,(H,12,13)/t8-/m1/s1. The molecular formula is C10H23NO3Si. The van der Waals surface area contributed by atoms with Crippen molar-refractivity contribution in [1.29, 1.82) is 0 Å². The molecule has 0 aliphatic carbocycles. The number of hydrogen-bond acceptors (Lipinski definition) is 2. The van der Waals surface area contributed by atoms with Crippen LogP contribution >= 0.6 is 0 Å². The monoisotopic (exact) mass is 233 g/mol. The van der Waals surface area contributed by atoms with Crippen LogP contribution in [0.15, 0.2) is 0 Å². The molecule has 5 heteroatoms. The summed E-state index contributed by atoms with van der Waals surface area (Å²) >= 11 is 0. The molecule has 15 heavy (non-hydrogen) atoms. The lowest BCUT2D eigenvalue weighted by atomic mass is 10.2. The molecule has 0 fully saturated rings. The minimum Gasteiger partial charge on any atom is -0.465 e. The highest BCUT2D eigenvalue weighted by Gasteiger charge is 2.37. The Labute approximate surface area is 93.1 Å². The van der Waals surface area contributed by atoms with Gasteiger partial charge in [0.05, 0.1) is 12.6 Å². The van der Waals surface area contributed by atoms with Crippen LogP contribution in [0.5, 0.6) is 0 Å². The Balaban J connectivity index is 4.10. The van der Waals surface area contributed by atoms with Gasteiger partial charge in [-0.3, -0.25) is 0 Å². The molecule has 0 bridgehead atoms. The van der Waals surface area contributed by atoms with Gasteiger partial charge in [-0.1, -0.05) is 20.8 Å². The van der Waals surface area contributed by atoms with Crippen molar-refractivity contribution in [2.45, 2.75) is 51.9 Å². The van der Waals surface area contributed by atoms with Crippen molar-refractivity contribution in [2.24, 2.45) is 0 Å². The van der Waals surface area contributed by atoms with Gasteiger partial charge in [0, 0.05) is 0 Å². The van der Waals surface area contributed by atoms with E-state index in [2.05, 4.69) is 39.2 Å². The summed E-state index contributed by atoms with van der Waals surface area (Å²) < 4.78 is 5.87. The fourth-order valence-corrected chi connectivity index (χ4v) is 1.90. The lowest BCUT2D eigenvalue weighted by molar-refractivity contribution is 0.181. The number of nitrogens with one attached hydrogen (secondary N) is 1. The lowest BCUT2D eigenvalue weighted by Crippen LogP contribution is -2.45. The summed E-state index contributed by atoms with van der Waals surface area (Å²) in [6, 6.07) is -0.156. The minimum absolute atomic E-state index is 0.156. The predicted octanol–water partition coefficient (Wildman–Crippen LogP) is 2.66. The first-order chi connectivity index (χ1) is 6.56. The van der Waals surface area contributed by atoms with E-state index in [1.165, 1.54) is 0 Å². The highest BCUT2D eigenvalue weighted by molar-refractivity contribution is 6.74. The Kier molecular flexibility index (Phi) is 4.80. The van der Waals surface area contributed by atoms with Crippen molar-refractivity contribution in [3.05, 3.63) is 0 Å². The number of amides is 1. The second-order valence-electron chi connectivity index (χ2n) is 5.42. The van der Waals surface area contributed by atoms with Crippen molar-refractivity contribution >= 4 is 14.4 Å². The van der Waals surface area contributed by atoms with E-state index < -0.39 is 14.4 Å². The maximum absolute atomic E-state index is 10.4. The molecule has 0 aromatic rings. The molecule has 0 rings (SSSR count). The second kappa shape index (κ2) is 4.98. The molecule has 1 amide bonds. The first-order valence-corrected chi connectivity index (χ1v) is 8.10. The number of carbonyl (C=O) groups is 1. The summed E-state index contributed by atoms with van der Waals surface area (Å²) in [5.74, 6) is 0. The predicted molar refractivity (Wildman–Crippen MR) is 63.8 cm³/mol. The molecule has 0 spiro atoms. The van der Waals surface area contributed by atoms with Crippen LogP contribution in [0.2, 0.25) is 18.1 Å². The zero-order valence-electron chi connectivity index (χ0n) is 10.5. The molecule has 0 saturated carbocycles. The van der Waals surface area contributed by atoms with E-state index in [0.29, 0.717) is 6.61 Å². The van der Waals surface area contributed by atoms with E-state index in [4.69, 9.17) is 9.53 Å². The maximum Gasteiger partial charge on any atom is 0.404 e. The van der Waals surface area contributed by atoms with E-state index in [0.717, 1.165) is 0 Å². The fraction of sp³-hybridized carbons (Fsp3) is 0.900. The minimum atomic E-state index is -1.75. The Morgan fingerprint density at radius 3 is 2.27 bits per heavy atom. The Bertz CT molecular complexity index is 223. The van der Waals surface area contributed by atoms with Gasteiger partial charge in [0.25, 0.3) is 0 Å². The number of rotatable bonds is 4. The third-order valence-electron chi connectivity index (χ3n) is 2.87. The Morgan fingerprint density at radius 2 is 1.93 bits per heavy atom.